The average Bonchev–Trinajstić information content (AvgIpc) is 3.14. The first-order valence-corrected chi connectivity index (χ1v) is 10.5. The number of hydrogen-bond donors (Lipinski definition) is 0. The predicted octanol–water partition coefficient (Wildman–Crippen LogP) is 3.01. The molecule has 2 aliphatic rings. The molecule has 156 valence electrons. The summed E-state index contributed by atoms with van der Waals surface area (Å²) in [6.07, 6.45) is 0.214. The third-order valence-electron chi connectivity index (χ3n) is 5.70. The minimum atomic E-state index is -0.110. The molecule has 2 saturated heterocycles. The summed E-state index contributed by atoms with van der Waals surface area (Å²) in [5.41, 5.74) is 2.17. The number of benzene rings is 1. The molecule has 0 aliphatic carbocycles. The van der Waals surface area contributed by atoms with Gasteiger partial charge in [0.15, 0.2) is 0 Å². The molecular formula is C23H32N4O2. The molecule has 0 amide bonds. The van der Waals surface area contributed by atoms with Crippen molar-refractivity contribution in [2.45, 2.75) is 51.5 Å². The molecule has 29 heavy (non-hydrogen) atoms. The van der Waals surface area contributed by atoms with Crippen LogP contribution in [-0.4, -0.2) is 60.4 Å². The minimum absolute atomic E-state index is 0.110. The monoisotopic (exact) mass is 396 g/mol. The lowest BCUT2D eigenvalue weighted by Gasteiger charge is -2.36. The van der Waals surface area contributed by atoms with Crippen molar-refractivity contribution in [1.29, 1.82) is 0 Å². The summed E-state index contributed by atoms with van der Waals surface area (Å²) in [6.45, 7) is 11.4. The Balaban J connectivity index is 1.55. The van der Waals surface area contributed by atoms with Gasteiger partial charge in [0.05, 0.1) is 31.1 Å². The Hall–Kier alpha value is -2.02. The molecule has 2 aromatic rings. The van der Waals surface area contributed by atoms with E-state index in [-0.39, 0.29) is 11.5 Å². The van der Waals surface area contributed by atoms with Gasteiger partial charge in [-0.05, 0) is 5.56 Å². The molecule has 2 atom stereocenters. The van der Waals surface area contributed by atoms with Gasteiger partial charge in [-0.25, -0.2) is 9.97 Å². The Labute approximate surface area is 173 Å². The maximum Gasteiger partial charge on any atom is 0.136 e. The lowest BCUT2D eigenvalue weighted by Crippen LogP contribution is -2.50. The fourth-order valence-electron chi connectivity index (χ4n) is 4.16. The SMILES string of the molecule is COCc1cc(N2CC3OCCN(Cc4ccccc4)C3C2)nc(C(C)(C)C)n1. The molecule has 6 heteroatoms. The highest BCUT2D eigenvalue weighted by Crippen LogP contribution is 2.29. The van der Waals surface area contributed by atoms with Crippen molar-refractivity contribution in [1.82, 2.24) is 14.9 Å². The molecule has 0 saturated carbocycles. The van der Waals surface area contributed by atoms with Crippen LogP contribution < -0.4 is 4.90 Å². The molecule has 2 fully saturated rings. The maximum atomic E-state index is 6.15. The summed E-state index contributed by atoms with van der Waals surface area (Å²) in [6, 6.07) is 13.1. The van der Waals surface area contributed by atoms with E-state index in [9.17, 15) is 0 Å². The third-order valence-corrected chi connectivity index (χ3v) is 5.70. The van der Waals surface area contributed by atoms with Gasteiger partial charge in [-0.3, -0.25) is 4.90 Å². The van der Waals surface area contributed by atoms with E-state index in [0.717, 1.165) is 50.1 Å². The summed E-state index contributed by atoms with van der Waals surface area (Å²) < 4.78 is 11.5. The van der Waals surface area contributed by atoms with Crippen molar-refractivity contribution in [3.05, 3.63) is 53.5 Å². The summed E-state index contributed by atoms with van der Waals surface area (Å²) in [5, 5.41) is 0. The number of nitrogens with zero attached hydrogens (tertiary/aromatic N) is 4. The second kappa shape index (κ2) is 8.38. The number of rotatable bonds is 5. The zero-order chi connectivity index (χ0) is 20.4. The van der Waals surface area contributed by atoms with Crippen molar-refractivity contribution in [3.8, 4) is 0 Å². The van der Waals surface area contributed by atoms with E-state index < -0.39 is 0 Å². The molecule has 0 N–H and O–H groups in total. The summed E-state index contributed by atoms with van der Waals surface area (Å²) in [7, 11) is 1.71. The fraction of sp³-hybridized carbons (Fsp3) is 0.565. The van der Waals surface area contributed by atoms with Crippen LogP contribution in [-0.2, 0) is 28.0 Å². The highest BCUT2D eigenvalue weighted by molar-refractivity contribution is 5.43. The van der Waals surface area contributed by atoms with Crippen molar-refractivity contribution in [3.63, 3.8) is 0 Å². The first kappa shape index (κ1) is 20.3. The van der Waals surface area contributed by atoms with Gasteiger partial charge < -0.3 is 14.4 Å². The van der Waals surface area contributed by atoms with Gasteiger partial charge in [-0.15, -0.1) is 0 Å². The van der Waals surface area contributed by atoms with E-state index in [0.29, 0.717) is 12.6 Å². The van der Waals surface area contributed by atoms with E-state index in [1.165, 1.54) is 5.56 Å². The van der Waals surface area contributed by atoms with Crippen LogP contribution in [0.1, 0.15) is 37.9 Å². The molecule has 3 heterocycles. The summed E-state index contributed by atoms with van der Waals surface area (Å²) in [5.74, 6) is 1.84. The largest absolute Gasteiger partial charge is 0.378 e. The van der Waals surface area contributed by atoms with E-state index in [1.807, 2.05) is 0 Å². The second-order valence-electron chi connectivity index (χ2n) is 9.06. The van der Waals surface area contributed by atoms with E-state index in [1.54, 1.807) is 7.11 Å². The van der Waals surface area contributed by atoms with Gasteiger partial charge in [0, 0.05) is 44.8 Å². The molecule has 0 radical (unpaired) electrons. The van der Waals surface area contributed by atoms with Crippen molar-refractivity contribution in [2.75, 3.05) is 38.3 Å². The Kier molecular flexibility index (Phi) is 5.86. The standard InChI is InChI=1S/C23H32N4O2/c1-23(2,3)22-24-18(16-28-4)12-21(25-22)27-14-19-20(15-27)29-11-10-26(19)13-17-8-6-5-7-9-17/h5-9,12,19-20H,10-11,13-16H2,1-4H3. The van der Waals surface area contributed by atoms with E-state index >= 15 is 0 Å². The van der Waals surface area contributed by atoms with Crippen LogP contribution in [0.5, 0.6) is 0 Å². The highest BCUT2D eigenvalue weighted by atomic mass is 16.5. The zero-order valence-corrected chi connectivity index (χ0v) is 18.0. The molecule has 2 unspecified atom stereocenters. The zero-order valence-electron chi connectivity index (χ0n) is 18.0. The number of ether oxygens (including phenoxy) is 2. The topological polar surface area (TPSA) is 50.7 Å². The normalized spacial score (nSPS) is 22.7. The number of fused-ring (bicyclic) bond motifs is 1. The van der Waals surface area contributed by atoms with Gasteiger partial charge in [-0.1, -0.05) is 51.1 Å². The first-order chi connectivity index (χ1) is 13.9. The molecule has 0 bridgehead atoms. The molecule has 0 spiro atoms. The predicted molar refractivity (Wildman–Crippen MR) is 114 cm³/mol. The van der Waals surface area contributed by atoms with Gasteiger partial charge in [0.25, 0.3) is 0 Å². The molecule has 1 aromatic carbocycles. The Morgan fingerprint density at radius 2 is 1.93 bits per heavy atom. The quantitative estimate of drug-likeness (QED) is 0.774. The number of methoxy groups -OCH3 is 1. The average molecular weight is 397 g/mol. The Bertz CT molecular complexity index is 821. The first-order valence-electron chi connectivity index (χ1n) is 10.5. The van der Waals surface area contributed by atoms with E-state index in [2.05, 4.69) is 67.0 Å². The van der Waals surface area contributed by atoms with E-state index in [4.69, 9.17) is 19.4 Å². The van der Waals surface area contributed by atoms with Gasteiger partial charge in [-0.2, -0.15) is 0 Å². The smallest absolute Gasteiger partial charge is 0.136 e. The van der Waals surface area contributed by atoms with Gasteiger partial charge in [0.1, 0.15) is 11.6 Å². The number of hydrogen-bond acceptors (Lipinski definition) is 6. The third kappa shape index (κ3) is 4.60. The van der Waals surface area contributed by atoms with Crippen molar-refractivity contribution >= 4 is 5.82 Å². The van der Waals surface area contributed by atoms with Crippen molar-refractivity contribution in [2.24, 2.45) is 0 Å². The molecule has 1 aromatic heterocycles. The molecule has 4 rings (SSSR count). The number of anilines is 1. The minimum Gasteiger partial charge on any atom is -0.378 e. The van der Waals surface area contributed by atoms with Crippen LogP contribution in [0.2, 0.25) is 0 Å². The van der Waals surface area contributed by atoms with Crippen LogP contribution >= 0.6 is 0 Å². The van der Waals surface area contributed by atoms with Gasteiger partial charge in [0.2, 0.25) is 0 Å². The van der Waals surface area contributed by atoms with Crippen molar-refractivity contribution < 1.29 is 9.47 Å². The maximum absolute atomic E-state index is 6.15. The van der Waals surface area contributed by atoms with Crippen LogP contribution in [0.4, 0.5) is 5.82 Å². The molecule has 2 aliphatic heterocycles. The summed E-state index contributed by atoms with van der Waals surface area (Å²) in [4.78, 5) is 14.6. The highest BCUT2D eigenvalue weighted by Gasteiger charge is 2.40. The Morgan fingerprint density at radius 1 is 1.14 bits per heavy atom. The number of aromatic nitrogens is 2. The van der Waals surface area contributed by atoms with Crippen LogP contribution in [0.25, 0.3) is 0 Å². The van der Waals surface area contributed by atoms with Crippen LogP contribution in [0.15, 0.2) is 36.4 Å². The van der Waals surface area contributed by atoms with Crippen LogP contribution in [0, 0.1) is 0 Å². The second-order valence-corrected chi connectivity index (χ2v) is 9.06. The molecule has 6 nitrogen and oxygen atoms in total. The summed E-state index contributed by atoms with van der Waals surface area (Å²) >= 11 is 0. The Morgan fingerprint density at radius 3 is 2.66 bits per heavy atom. The lowest BCUT2D eigenvalue weighted by atomic mass is 9.95. The van der Waals surface area contributed by atoms with Crippen LogP contribution in [0.3, 0.4) is 0 Å². The fourth-order valence-corrected chi connectivity index (χ4v) is 4.16. The lowest BCUT2D eigenvalue weighted by molar-refractivity contribution is -0.0499. The van der Waals surface area contributed by atoms with Gasteiger partial charge >= 0.3 is 0 Å². The molecular weight excluding hydrogens is 364 g/mol. The number of morpholine rings is 1.